The van der Waals surface area contributed by atoms with E-state index in [0.29, 0.717) is 10.0 Å². The lowest BCUT2D eigenvalue weighted by molar-refractivity contribution is -0.153. The predicted octanol–water partition coefficient (Wildman–Crippen LogP) is 3.79. The summed E-state index contributed by atoms with van der Waals surface area (Å²) in [5.41, 5.74) is 0.614. The molecule has 1 atom stereocenters. The summed E-state index contributed by atoms with van der Waals surface area (Å²) in [6.45, 7) is 1.61. The molecule has 2 aromatic rings. The molecule has 1 aliphatic carbocycles. The Morgan fingerprint density at radius 3 is 2.38 bits per heavy atom. The van der Waals surface area contributed by atoms with E-state index < -0.39 is 35.7 Å². The third kappa shape index (κ3) is 4.05. The van der Waals surface area contributed by atoms with Crippen LogP contribution in [0.15, 0.2) is 58.6 Å². The van der Waals surface area contributed by atoms with E-state index in [1.807, 2.05) is 0 Å². The van der Waals surface area contributed by atoms with Crippen LogP contribution < -0.4 is 0 Å². The summed E-state index contributed by atoms with van der Waals surface area (Å²) in [5.74, 6) is -4.90. The Kier molecular flexibility index (Phi) is 6.08. The first-order valence-electron chi connectivity index (χ1n) is 8.92. The molecule has 0 aromatic heterocycles. The van der Waals surface area contributed by atoms with Crippen LogP contribution in [0, 0.1) is 0 Å². The second-order valence-corrected chi connectivity index (χ2v) is 7.34. The van der Waals surface area contributed by atoms with E-state index in [2.05, 4.69) is 15.9 Å². The minimum atomic E-state index is -1.03. The Morgan fingerprint density at radius 2 is 1.72 bits per heavy atom. The number of Topliss-reactive ketones (excluding diaryl/α,β-unsaturated/α-hetero) is 3. The number of aliphatic hydroxyl groups excluding tert-OH is 1. The molecule has 2 aromatic carbocycles. The van der Waals surface area contributed by atoms with Crippen LogP contribution in [0.1, 0.15) is 40.7 Å². The molecule has 6 nitrogen and oxygen atoms in total. The topological polar surface area (TPSA) is 97.7 Å². The number of benzene rings is 2. The van der Waals surface area contributed by atoms with Gasteiger partial charge in [-0.3, -0.25) is 14.4 Å². The van der Waals surface area contributed by atoms with Gasteiger partial charge in [0, 0.05) is 27.9 Å². The first-order chi connectivity index (χ1) is 13.8. The van der Waals surface area contributed by atoms with Crippen molar-refractivity contribution in [1.29, 1.82) is 0 Å². The smallest absolute Gasteiger partial charge is 0.374 e. The van der Waals surface area contributed by atoms with Gasteiger partial charge in [0.05, 0.1) is 12.2 Å². The number of aliphatic hydroxyl groups is 1. The number of hydrogen-bond donors (Lipinski definition) is 1. The van der Waals surface area contributed by atoms with Gasteiger partial charge in [0.2, 0.25) is 17.3 Å². The molecule has 0 bridgehead atoms. The van der Waals surface area contributed by atoms with Crippen molar-refractivity contribution in [3.8, 4) is 0 Å². The summed E-state index contributed by atoms with van der Waals surface area (Å²) in [6.07, 6.45) is -0.421. The summed E-state index contributed by atoms with van der Waals surface area (Å²) < 4.78 is 5.43. The van der Waals surface area contributed by atoms with Gasteiger partial charge in [-0.2, -0.15) is 0 Å². The highest BCUT2D eigenvalue weighted by Gasteiger charge is 2.39. The standard InChI is InChI=1S/C22H17BrO6/c1-2-29-22(28)17(24)11-16(12-6-5-7-13(23)10-12)18-19(25)14-8-3-4-9-15(14)20(26)21(18)27/h3-10,16,25H,2,11H2,1H3/t16-/m1/s1. The molecule has 0 amide bonds. The number of hydrogen-bond acceptors (Lipinski definition) is 6. The van der Waals surface area contributed by atoms with E-state index in [4.69, 9.17) is 4.74 Å². The van der Waals surface area contributed by atoms with E-state index >= 15 is 0 Å². The van der Waals surface area contributed by atoms with Gasteiger partial charge >= 0.3 is 5.97 Å². The Labute approximate surface area is 175 Å². The number of carbonyl (C=O) groups excluding carboxylic acids is 4. The van der Waals surface area contributed by atoms with Gasteiger partial charge in [-0.1, -0.05) is 52.3 Å². The molecule has 3 rings (SSSR count). The molecule has 0 unspecified atom stereocenters. The molecule has 0 fully saturated rings. The minimum Gasteiger partial charge on any atom is -0.507 e. The first-order valence-corrected chi connectivity index (χ1v) is 9.71. The molecule has 1 N–H and O–H groups in total. The van der Waals surface area contributed by atoms with Crippen molar-refractivity contribution < 1.29 is 29.0 Å². The average Bonchev–Trinajstić information content (AvgIpc) is 2.71. The van der Waals surface area contributed by atoms with Crippen LogP contribution >= 0.6 is 15.9 Å². The Bertz CT molecular complexity index is 1050. The fourth-order valence-corrected chi connectivity index (χ4v) is 3.72. The number of rotatable bonds is 6. The quantitative estimate of drug-likeness (QED) is 0.524. The number of carbonyl (C=O) groups is 4. The van der Waals surface area contributed by atoms with E-state index in [0.717, 1.165) is 0 Å². The van der Waals surface area contributed by atoms with E-state index in [-0.39, 0.29) is 29.1 Å². The van der Waals surface area contributed by atoms with Crippen LogP contribution in [0.3, 0.4) is 0 Å². The van der Waals surface area contributed by atoms with Crippen LogP contribution in [0.2, 0.25) is 0 Å². The number of ether oxygens (including phenoxy) is 1. The number of ketones is 3. The van der Waals surface area contributed by atoms with Gasteiger partial charge in [0.1, 0.15) is 5.76 Å². The van der Waals surface area contributed by atoms with Crippen molar-refractivity contribution in [2.75, 3.05) is 6.61 Å². The number of halogens is 1. The Balaban J connectivity index is 2.15. The molecular formula is C22H17BrO6. The fraction of sp³-hybridized carbons (Fsp3) is 0.182. The normalized spacial score (nSPS) is 14.4. The first kappa shape index (κ1) is 20.7. The van der Waals surface area contributed by atoms with Crippen LogP contribution in [0.25, 0.3) is 5.76 Å². The lowest BCUT2D eigenvalue weighted by atomic mass is 9.77. The second-order valence-electron chi connectivity index (χ2n) is 6.42. The van der Waals surface area contributed by atoms with Crippen molar-refractivity contribution in [1.82, 2.24) is 0 Å². The highest BCUT2D eigenvalue weighted by Crippen LogP contribution is 2.38. The SMILES string of the molecule is CCOC(=O)C(=O)C[C@@H](C1=C(O)c2ccccc2C(=O)C1=O)c1cccc(Br)c1. The maximum absolute atomic E-state index is 12.9. The molecule has 148 valence electrons. The third-order valence-electron chi connectivity index (χ3n) is 4.62. The van der Waals surface area contributed by atoms with Crippen molar-refractivity contribution >= 4 is 45.0 Å². The van der Waals surface area contributed by atoms with Gasteiger partial charge in [-0.25, -0.2) is 4.79 Å². The fourth-order valence-electron chi connectivity index (χ4n) is 3.30. The maximum atomic E-state index is 12.9. The van der Waals surface area contributed by atoms with Gasteiger partial charge in [-0.15, -0.1) is 0 Å². The van der Waals surface area contributed by atoms with E-state index in [1.165, 1.54) is 12.1 Å². The monoisotopic (exact) mass is 456 g/mol. The molecular weight excluding hydrogens is 440 g/mol. The second kappa shape index (κ2) is 8.53. The maximum Gasteiger partial charge on any atom is 0.374 e. The minimum absolute atomic E-state index is 0.0326. The summed E-state index contributed by atoms with van der Waals surface area (Å²) >= 11 is 3.34. The van der Waals surface area contributed by atoms with Crippen LogP contribution in [0.5, 0.6) is 0 Å². The zero-order valence-electron chi connectivity index (χ0n) is 15.5. The highest BCUT2D eigenvalue weighted by atomic mass is 79.9. The lowest BCUT2D eigenvalue weighted by Crippen LogP contribution is -2.29. The summed E-state index contributed by atoms with van der Waals surface area (Å²) in [4.78, 5) is 49.8. The average molecular weight is 457 g/mol. The highest BCUT2D eigenvalue weighted by molar-refractivity contribution is 9.10. The lowest BCUT2D eigenvalue weighted by Gasteiger charge is -2.24. The summed E-state index contributed by atoms with van der Waals surface area (Å²) in [6, 6.07) is 13.0. The molecule has 0 saturated heterocycles. The zero-order valence-corrected chi connectivity index (χ0v) is 17.1. The number of allylic oxidation sites excluding steroid dienone is 1. The van der Waals surface area contributed by atoms with Crippen LogP contribution in [-0.2, 0) is 19.1 Å². The molecule has 0 radical (unpaired) electrons. The van der Waals surface area contributed by atoms with Gasteiger partial charge in [0.25, 0.3) is 0 Å². The third-order valence-corrected chi connectivity index (χ3v) is 5.12. The Hall–Kier alpha value is -3.06. The van der Waals surface area contributed by atoms with Gasteiger partial charge in [-0.05, 0) is 24.6 Å². The molecule has 0 saturated carbocycles. The molecule has 7 heteroatoms. The van der Waals surface area contributed by atoms with Crippen molar-refractivity contribution in [3.63, 3.8) is 0 Å². The number of esters is 1. The molecule has 0 heterocycles. The van der Waals surface area contributed by atoms with Gasteiger partial charge < -0.3 is 9.84 Å². The molecule has 0 aliphatic heterocycles. The Morgan fingerprint density at radius 1 is 1.03 bits per heavy atom. The number of fused-ring (bicyclic) bond motifs is 1. The largest absolute Gasteiger partial charge is 0.507 e. The summed E-state index contributed by atoms with van der Waals surface area (Å²) in [5, 5.41) is 10.8. The van der Waals surface area contributed by atoms with Crippen molar-refractivity contribution in [3.05, 3.63) is 75.3 Å². The molecule has 29 heavy (non-hydrogen) atoms. The van der Waals surface area contributed by atoms with Crippen molar-refractivity contribution in [2.24, 2.45) is 0 Å². The van der Waals surface area contributed by atoms with Crippen molar-refractivity contribution in [2.45, 2.75) is 19.3 Å². The summed E-state index contributed by atoms with van der Waals surface area (Å²) in [7, 11) is 0. The predicted molar refractivity (Wildman–Crippen MR) is 108 cm³/mol. The van der Waals surface area contributed by atoms with Crippen LogP contribution in [0.4, 0.5) is 0 Å². The van der Waals surface area contributed by atoms with E-state index in [1.54, 1.807) is 43.3 Å². The molecule has 0 spiro atoms. The molecule has 1 aliphatic rings. The van der Waals surface area contributed by atoms with Crippen LogP contribution in [-0.4, -0.2) is 35.0 Å². The van der Waals surface area contributed by atoms with E-state index in [9.17, 15) is 24.3 Å². The zero-order chi connectivity index (χ0) is 21.1. The van der Waals surface area contributed by atoms with Gasteiger partial charge in [0.15, 0.2) is 0 Å².